The summed E-state index contributed by atoms with van der Waals surface area (Å²) in [6.45, 7) is 1.86. The van der Waals surface area contributed by atoms with Crippen LogP contribution in [0.4, 0.5) is 0 Å². The zero-order chi connectivity index (χ0) is 14.1. The third kappa shape index (κ3) is 2.28. The van der Waals surface area contributed by atoms with Crippen LogP contribution in [0.1, 0.15) is 18.9 Å². The number of benzene rings is 1. The lowest BCUT2D eigenvalue weighted by Crippen LogP contribution is -2.33. The third-order valence-corrected chi connectivity index (χ3v) is 4.42. The molecule has 0 saturated heterocycles. The van der Waals surface area contributed by atoms with E-state index < -0.39 is 0 Å². The van der Waals surface area contributed by atoms with Crippen molar-refractivity contribution in [3.05, 3.63) is 48.0 Å². The second-order valence-electron chi connectivity index (χ2n) is 5.70. The fourth-order valence-corrected chi connectivity index (χ4v) is 3.52. The van der Waals surface area contributed by atoms with E-state index >= 15 is 0 Å². The van der Waals surface area contributed by atoms with E-state index in [0.717, 1.165) is 12.0 Å². The van der Waals surface area contributed by atoms with Gasteiger partial charge in [0.1, 0.15) is 12.4 Å². The molecule has 2 aliphatic rings. The van der Waals surface area contributed by atoms with E-state index in [4.69, 9.17) is 4.74 Å². The SMILES string of the molecule is CC(=O)[C@@H]1[C@@H](C(=O)OCc2ccccc2)[C@@H]2C=C[C@H]1C2. The molecule has 20 heavy (non-hydrogen) atoms. The minimum absolute atomic E-state index is 0.100. The van der Waals surface area contributed by atoms with Crippen LogP contribution in [0.5, 0.6) is 0 Å². The number of hydrogen-bond acceptors (Lipinski definition) is 3. The molecule has 0 aromatic heterocycles. The lowest BCUT2D eigenvalue weighted by molar-refractivity contribution is -0.154. The van der Waals surface area contributed by atoms with Gasteiger partial charge in [0, 0.05) is 5.92 Å². The van der Waals surface area contributed by atoms with Gasteiger partial charge in [-0.1, -0.05) is 42.5 Å². The third-order valence-electron chi connectivity index (χ3n) is 4.42. The summed E-state index contributed by atoms with van der Waals surface area (Å²) in [5.74, 6) is -0.196. The van der Waals surface area contributed by atoms with Crippen molar-refractivity contribution in [3.63, 3.8) is 0 Å². The Morgan fingerprint density at radius 3 is 2.40 bits per heavy atom. The molecule has 2 bridgehead atoms. The lowest BCUT2D eigenvalue weighted by atomic mass is 9.81. The molecule has 0 N–H and O–H groups in total. The predicted molar refractivity (Wildman–Crippen MR) is 74.6 cm³/mol. The Balaban J connectivity index is 1.68. The van der Waals surface area contributed by atoms with E-state index in [2.05, 4.69) is 12.2 Å². The highest BCUT2D eigenvalue weighted by Crippen LogP contribution is 2.48. The van der Waals surface area contributed by atoms with Crippen LogP contribution >= 0.6 is 0 Å². The molecule has 1 aromatic rings. The molecule has 3 heteroatoms. The van der Waals surface area contributed by atoms with E-state index in [-0.39, 0.29) is 42.0 Å². The Kier molecular flexibility index (Phi) is 3.43. The number of fused-ring (bicyclic) bond motifs is 2. The molecule has 0 radical (unpaired) electrons. The van der Waals surface area contributed by atoms with Crippen LogP contribution in [-0.2, 0) is 20.9 Å². The van der Waals surface area contributed by atoms with E-state index in [9.17, 15) is 9.59 Å². The van der Waals surface area contributed by atoms with Crippen LogP contribution < -0.4 is 0 Å². The van der Waals surface area contributed by atoms with Gasteiger partial charge in [-0.3, -0.25) is 9.59 Å². The summed E-state index contributed by atoms with van der Waals surface area (Å²) in [5.41, 5.74) is 0.971. The minimum atomic E-state index is -0.286. The molecule has 0 heterocycles. The van der Waals surface area contributed by atoms with Crippen molar-refractivity contribution < 1.29 is 14.3 Å². The summed E-state index contributed by atoms with van der Waals surface area (Å²) in [6.07, 6.45) is 5.06. The highest BCUT2D eigenvalue weighted by molar-refractivity contribution is 5.87. The monoisotopic (exact) mass is 270 g/mol. The molecule has 0 amide bonds. The van der Waals surface area contributed by atoms with Crippen molar-refractivity contribution in [1.29, 1.82) is 0 Å². The van der Waals surface area contributed by atoms with Crippen LogP contribution in [0, 0.1) is 23.7 Å². The van der Waals surface area contributed by atoms with Gasteiger partial charge in [-0.2, -0.15) is 0 Å². The smallest absolute Gasteiger partial charge is 0.310 e. The minimum Gasteiger partial charge on any atom is -0.461 e. The van der Waals surface area contributed by atoms with Gasteiger partial charge in [-0.05, 0) is 30.7 Å². The number of hydrogen-bond donors (Lipinski definition) is 0. The van der Waals surface area contributed by atoms with Gasteiger partial charge in [0.15, 0.2) is 0 Å². The second-order valence-corrected chi connectivity index (χ2v) is 5.70. The van der Waals surface area contributed by atoms with E-state index in [1.807, 2.05) is 30.3 Å². The summed E-state index contributed by atoms with van der Waals surface area (Å²) in [7, 11) is 0. The number of allylic oxidation sites excluding steroid dienone is 2. The Hall–Kier alpha value is -1.90. The molecule has 0 aliphatic heterocycles. The first-order chi connectivity index (χ1) is 9.66. The van der Waals surface area contributed by atoms with Gasteiger partial charge < -0.3 is 4.74 Å². The van der Waals surface area contributed by atoms with Crippen molar-refractivity contribution in [2.24, 2.45) is 23.7 Å². The second kappa shape index (κ2) is 5.23. The maximum Gasteiger partial charge on any atom is 0.310 e. The van der Waals surface area contributed by atoms with E-state index in [1.54, 1.807) is 6.92 Å². The summed E-state index contributed by atoms with van der Waals surface area (Å²) < 4.78 is 5.42. The van der Waals surface area contributed by atoms with Crippen molar-refractivity contribution in [3.8, 4) is 0 Å². The maximum atomic E-state index is 12.3. The summed E-state index contributed by atoms with van der Waals surface area (Å²) in [6, 6.07) is 9.62. The van der Waals surface area contributed by atoms with Crippen molar-refractivity contribution in [2.75, 3.05) is 0 Å². The van der Waals surface area contributed by atoms with Crippen LogP contribution in [0.25, 0.3) is 0 Å². The topological polar surface area (TPSA) is 43.4 Å². The van der Waals surface area contributed by atoms with Gasteiger partial charge in [-0.25, -0.2) is 0 Å². The molecule has 2 aliphatic carbocycles. The largest absolute Gasteiger partial charge is 0.461 e. The number of ether oxygens (including phenoxy) is 1. The predicted octanol–water partition coefficient (Wildman–Crippen LogP) is 2.76. The summed E-state index contributed by atoms with van der Waals surface area (Å²) >= 11 is 0. The molecule has 3 rings (SSSR count). The van der Waals surface area contributed by atoms with Crippen LogP contribution in [0.3, 0.4) is 0 Å². The number of ketones is 1. The average molecular weight is 270 g/mol. The lowest BCUT2D eigenvalue weighted by Gasteiger charge is -2.24. The molecule has 1 fully saturated rings. The number of carbonyl (C=O) groups excluding carboxylic acids is 2. The maximum absolute atomic E-state index is 12.3. The van der Waals surface area contributed by atoms with Gasteiger partial charge in [0.05, 0.1) is 5.92 Å². The van der Waals surface area contributed by atoms with Gasteiger partial charge in [0.25, 0.3) is 0 Å². The Labute approximate surface area is 118 Å². The van der Waals surface area contributed by atoms with E-state index in [1.165, 1.54) is 0 Å². The zero-order valence-electron chi connectivity index (χ0n) is 11.5. The normalized spacial score (nSPS) is 30.4. The molecule has 4 atom stereocenters. The number of carbonyl (C=O) groups is 2. The molecule has 1 aromatic carbocycles. The number of esters is 1. The fraction of sp³-hybridized carbons (Fsp3) is 0.412. The zero-order valence-corrected chi connectivity index (χ0v) is 11.5. The fourth-order valence-electron chi connectivity index (χ4n) is 3.52. The average Bonchev–Trinajstić information content (AvgIpc) is 3.06. The molecule has 104 valence electrons. The number of Topliss-reactive ketones (excluding diaryl/α,β-unsaturated/α-hetero) is 1. The van der Waals surface area contributed by atoms with Crippen LogP contribution in [-0.4, -0.2) is 11.8 Å². The molecular weight excluding hydrogens is 252 g/mol. The van der Waals surface area contributed by atoms with Crippen LogP contribution in [0.2, 0.25) is 0 Å². The summed E-state index contributed by atoms with van der Waals surface area (Å²) in [5, 5.41) is 0. The highest BCUT2D eigenvalue weighted by atomic mass is 16.5. The number of rotatable bonds is 4. The standard InChI is InChI=1S/C17H18O3/c1-11(18)15-13-7-8-14(9-13)16(15)17(19)20-10-12-5-3-2-4-6-12/h2-8,13-16H,9-10H2,1H3/t13-,14+,15-,16-/m0/s1. The highest BCUT2D eigenvalue weighted by Gasteiger charge is 2.50. The van der Waals surface area contributed by atoms with Crippen molar-refractivity contribution >= 4 is 11.8 Å². The van der Waals surface area contributed by atoms with Gasteiger partial charge >= 0.3 is 5.97 Å². The molecular formula is C17H18O3. The molecule has 1 saturated carbocycles. The van der Waals surface area contributed by atoms with Gasteiger partial charge in [-0.15, -0.1) is 0 Å². The quantitative estimate of drug-likeness (QED) is 0.624. The van der Waals surface area contributed by atoms with Crippen molar-refractivity contribution in [1.82, 2.24) is 0 Å². The first kappa shape index (κ1) is 13.1. The Morgan fingerprint density at radius 1 is 1.10 bits per heavy atom. The first-order valence-corrected chi connectivity index (χ1v) is 7.06. The molecule has 0 unspecified atom stereocenters. The summed E-state index contributed by atoms with van der Waals surface area (Å²) in [4.78, 5) is 24.1. The van der Waals surface area contributed by atoms with Crippen molar-refractivity contribution in [2.45, 2.75) is 20.0 Å². The van der Waals surface area contributed by atoms with Gasteiger partial charge in [0.2, 0.25) is 0 Å². The molecule has 0 spiro atoms. The Bertz CT molecular complexity index is 547. The first-order valence-electron chi connectivity index (χ1n) is 7.06. The Morgan fingerprint density at radius 2 is 1.75 bits per heavy atom. The van der Waals surface area contributed by atoms with E-state index in [0.29, 0.717) is 0 Å². The van der Waals surface area contributed by atoms with Crippen LogP contribution in [0.15, 0.2) is 42.5 Å². The molecule has 3 nitrogen and oxygen atoms in total.